The Hall–Kier alpha value is -1.51. The Morgan fingerprint density at radius 3 is 2.64 bits per heavy atom. The van der Waals surface area contributed by atoms with Gasteiger partial charge in [0.1, 0.15) is 12.4 Å². The van der Waals surface area contributed by atoms with Gasteiger partial charge < -0.3 is 10.1 Å². The maximum absolute atomic E-state index is 6.22. The summed E-state index contributed by atoms with van der Waals surface area (Å²) in [6.45, 7) is 1.67. The molecule has 28 heavy (non-hydrogen) atoms. The van der Waals surface area contributed by atoms with E-state index in [0.29, 0.717) is 21.6 Å². The van der Waals surface area contributed by atoms with Gasteiger partial charge in [0.15, 0.2) is 0 Å². The predicted molar refractivity (Wildman–Crippen MR) is 113 cm³/mol. The highest BCUT2D eigenvalue weighted by Crippen LogP contribution is 2.28. The molecule has 2 aromatic carbocycles. The van der Waals surface area contributed by atoms with Crippen LogP contribution in [0.4, 0.5) is 0 Å². The Morgan fingerprint density at radius 2 is 1.93 bits per heavy atom. The van der Waals surface area contributed by atoms with Gasteiger partial charge in [0.25, 0.3) is 0 Å². The summed E-state index contributed by atoms with van der Waals surface area (Å²) in [7, 11) is 1.82. The van der Waals surface area contributed by atoms with Crippen LogP contribution in [0.2, 0.25) is 15.1 Å². The second kappa shape index (κ2) is 10.3. The second-order valence-electron chi connectivity index (χ2n) is 5.85. The van der Waals surface area contributed by atoms with Crippen molar-refractivity contribution in [3.05, 3.63) is 62.6 Å². The first kappa shape index (κ1) is 21.2. The van der Waals surface area contributed by atoms with Crippen LogP contribution in [0.5, 0.6) is 5.75 Å². The third kappa shape index (κ3) is 5.75. The van der Waals surface area contributed by atoms with Crippen LogP contribution in [-0.4, -0.2) is 32.5 Å². The normalized spacial score (nSPS) is 11.0. The lowest BCUT2D eigenvalue weighted by atomic mass is 10.2. The van der Waals surface area contributed by atoms with E-state index in [1.54, 1.807) is 40.7 Å². The minimum Gasteiger partial charge on any atom is -0.488 e. The molecule has 0 aliphatic carbocycles. The molecule has 0 bridgehead atoms. The number of halogens is 3. The van der Waals surface area contributed by atoms with E-state index < -0.39 is 0 Å². The number of nitrogens with one attached hydrogen (secondary N) is 1. The van der Waals surface area contributed by atoms with Gasteiger partial charge >= 0.3 is 0 Å². The zero-order valence-electron chi connectivity index (χ0n) is 15.0. The van der Waals surface area contributed by atoms with E-state index in [1.165, 1.54) is 0 Å². The fourth-order valence-corrected chi connectivity index (χ4v) is 3.88. The molecular weight excluding hydrogens is 441 g/mol. The molecule has 0 aliphatic rings. The summed E-state index contributed by atoms with van der Waals surface area (Å²) in [6.07, 6.45) is 0. The quantitative estimate of drug-likeness (QED) is 0.372. The Labute approximate surface area is 182 Å². The van der Waals surface area contributed by atoms with E-state index in [2.05, 4.69) is 20.8 Å². The number of ether oxygens (including phenoxy) is 1. The van der Waals surface area contributed by atoms with Crippen molar-refractivity contribution in [2.75, 3.05) is 12.3 Å². The first-order valence-corrected chi connectivity index (χ1v) is 10.6. The number of hydrogen-bond donors (Lipinski definition) is 1. The van der Waals surface area contributed by atoms with Gasteiger partial charge in [-0.25, -0.2) is 4.68 Å². The predicted octanol–water partition coefficient (Wildman–Crippen LogP) is 4.63. The maximum atomic E-state index is 6.22. The lowest BCUT2D eigenvalue weighted by Crippen LogP contribution is -2.17. The lowest BCUT2D eigenvalue weighted by Gasteiger charge is -2.14. The van der Waals surface area contributed by atoms with Gasteiger partial charge in [-0.05, 0) is 40.8 Å². The first-order chi connectivity index (χ1) is 13.5. The monoisotopic (exact) mass is 457 g/mol. The van der Waals surface area contributed by atoms with Crippen molar-refractivity contribution in [2.24, 2.45) is 7.05 Å². The molecule has 0 unspecified atom stereocenters. The zero-order chi connectivity index (χ0) is 19.9. The number of thioether (sulfide) groups is 1. The number of nitrogens with zero attached hydrogens (tertiary/aromatic N) is 4. The van der Waals surface area contributed by atoms with E-state index in [1.807, 2.05) is 19.2 Å². The molecule has 6 nitrogen and oxygen atoms in total. The maximum Gasteiger partial charge on any atom is 0.209 e. The minimum atomic E-state index is 0.280. The number of aromatic nitrogens is 4. The molecule has 3 aromatic rings. The molecule has 1 aromatic heterocycles. The highest BCUT2D eigenvalue weighted by molar-refractivity contribution is 7.99. The van der Waals surface area contributed by atoms with Gasteiger partial charge in [0.05, 0.1) is 0 Å². The van der Waals surface area contributed by atoms with Gasteiger partial charge in [0.2, 0.25) is 5.16 Å². The van der Waals surface area contributed by atoms with Gasteiger partial charge in [-0.2, -0.15) is 0 Å². The van der Waals surface area contributed by atoms with Crippen LogP contribution in [-0.2, 0) is 20.2 Å². The largest absolute Gasteiger partial charge is 0.488 e. The molecule has 0 saturated heterocycles. The van der Waals surface area contributed by atoms with Crippen LogP contribution < -0.4 is 10.1 Å². The topological polar surface area (TPSA) is 64.9 Å². The third-order valence-electron chi connectivity index (χ3n) is 3.86. The number of benzene rings is 2. The molecule has 1 heterocycles. The van der Waals surface area contributed by atoms with E-state index in [4.69, 9.17) is 39.5 Å². The second-order valence-corrected chi connectivity index (χ2v) is 8.16. The summed E-state index contributed by atoms with van der Waals surface area (Å²) >= 11 is 20.2. The fourth-order valence-electron chi connectivity index (χ4n) is 2.43. The summed E-state index contributed by atoms with van der Waals surface area (Å²) in [5, 5.41) is 17.3. The van der Waals surface area contributed by atoms with E-state index in [0.717, 1.165) is 34.3 Å². The van der Waals surface area contributed by atoms with Crippen molar-refractivity contribution < 1.29 is 4.74 Å². The van der Waals surface area contributed by atoms with Gasteiger partial charge in [-0.3, -0.25) is 0 Å². The van der Waals surface area contributed by atoms with Crippen molar-refractivity contribution in [1.29, 1.82) is 0 Å². The Bertz CT molecular complexity index is 917. The third-order valence-corrected chi connectivity index (χ3v) is 5.82. The molecule has 0 saturated carbocycles. The van der Waals surface area contributed by atoms with Crippen molar-refractivity contribution in [3.8, 4) is 5.75 Å². The first-order valence-electron chi connectivity index (χ1n) is 8.44. The van der Waals surface area contributed by atoms with Gasteiger partial charge in [0, 0.05) is 52.1 Å². The fraction of sp³-hybridized carbons (Fsp3) is 0.278. The average molecular weight is 459 g/mol. The highest BCUT2D eigenvalue weighted by Gasteiger charge is 2.10. The summed E-state index contributed by atoms with van der Waals surface area (Å²) < 4.78 is 7.62. The zero-order valence-corrected chi connectivity index (χ0v) is 18.1. The molecule has 1 N–H and O–H groups in total. The van der Waals surface area contributed by atoms with Crippen LogP contribution in [0.15, 0.2) is 41.6 Å². The van der Waals surface area contributed by atoms with Crippen LogP contribution in [0.3, 0.4) is 0 Å². The van der Waals surface area contributed by atoms with E-state index in [9.17, 15) is 0 Å². The Morgan fingerprint density at radius 1 is 1.14 bits per heavy atom. The number of hydrogen-bond acceptors (Lipinski definition) is 6. The average Bonchev–Trinajstić information content (AvgIpc) is 3.07. The van der Waals surface area contributed by atoms with Crippen LogP contribution in [0.1, 0.15) is 11.1 Å². The molecule has 0 fully saturated rings. The van der Waals surface area contributed by atoms with Crippen molar-refractivity contribution in [1.82, 2.24) is 25.5 Å². The Kier molecular flexibility index (Phi) is 7.82. The molecular formula is C18H18Cl3N5OS. The Balaban J connectivity index is 1.55. The molecule has 3 rings (SSSR count). The smallest absolute Gasteiger partial charge is 0.209 e. The standard InChI is InChI=1S/C18H18Cl3N5OS/c1-26-18(23-24-25-26)28-8-7-22-10-12-9-13(19)5-6-17(12)27-11-14-15(20)3-2-4-16(14)21/h2-6,9,22H,7-8,10-11H2,1H3. The number of tetrazole rings is 1. The lowest BCUT2D eigenvalue weighted by molar-refractivity contribution is 0.302. The van der Waals surface area contributed by atoms with E-state index >= 15 is 0 Å². The van der Waals surface area contributed by atoms with Crippen LogP contribution in [0, 0.1) is 0 Å². The van der Waals surface area contributed by atoms with Crippen LogP contribution >= 0.6 is 46.6 Å². The van der Waals surface area contributed by atoms with E-state index in [-0.39, 0.29) is 6.61 Å². The SMILES string of the molecule is Cn1nnnc1SCCNCc1cc(Cl)ccc1OCc1c(Cl)cccc1Cl. The molecule has 0 aliphatic heterocycles. The van der Waals surface area contributed by atoms with Crippen LogP contribution in [0.25, 0.3) is 0 Å². The van der Waals surface area contributed by atoms with Crippen molar-refractivity contribution in [3.63, 3.8) is 0 Å². The molecule has 0 atom stereocenters. The van der Waals surface area contributed by atoms with Gasteiger partial charge in [-0.1, -0.05) is 52.6 Å². The molecule has 0 radical (unpaired) electrons. The summed E-state index contributed by atoms with van der Waals surface area (Å²) in [6, 6.07) is 10.9. The van der Waals surface area contributed by atoms with Crippen molar-refractivity contribution >= 4 is 46.6 Å². The molecule has 148 valence electrons. The minimum absolute atomic E-state index is 0.280. The number of aryl methyl sites for hydroxylation is 1. The summed E-state index contributed by atoms with van der Waals surface area (Å²) in [5.41, 5.74) is 1.72. The summed E-state index contributed by atoms with van der Waals surface area (Å²) in [4.78, 5) is 0. The summed E-state index contributed by atoms with van der Waals surface area (Å²) in [5.74, 6) is 1.57. The number of rotatable bonds is 9. The van der Waals surface area contributed by atoms with Crippen molar-refractivity contribution in [2.45, 2.75) is 18.3 Å². The molecule has 0 spiro atoms. The molecule has 0 amide bonds. The molecule has 10 heteroatoms. The highest BCUT2D eigenvalue weighted by atomic mass is 35.5. The van der Waals surface area contributed by atoms with Gasteiger partial charge in [-0.15, -0.1) is 5.10 Å².